The molecule has 2 aromatic rings. The first-order valence-corrected chi connectivity index (χ1v) is 6.08. The molecule has 0 saturated carbocycles. The molecule has 0 saturated heterocycles. The van der Waals surface area contributed by atoms with Gasteiger partial charge in [-0.2, -0.15) is 0 Å². The van der Waals surface area contributed by atoms with Crippen LogP contribution in [0.25, 0.3) is 0 Å². The second-order valence-electron chi connectivity index (χ2n) is 4.24. The molecular weight excluding hydrogens is 256 g/mol. The minimum atomic E-state index is -0.397. The van der Waals surface area contributed by atoms with Crippen LogP contribution in [0.15, 0.2) is 42.6 Å². The Balaban J connectivity index is 2.10. The van der Waals surface area contributed by atoms with E-state index < -0.39 is 5.97 Å². The van der Waals surface area contributed by atoms with Crippen molar-refractivity contribution < 1.29 is 14.3 Å². The van der Waals surface area contributed by atoms with Crippen LogP contribution in [0.2, 0.25) is 0 Å². The summed E-state index contributed by atoms with van der Waals surface area (Å²) in [6.45, 7) is 3.19. The largest absolute Gasteiger partial charge is 0.427 e. The number of benzene rings is 1. The van der Waals surface area contributed by atoms with Crippen LogP contribution in [0.1, 0.15) is 22.8 Å². The lowest BCUT2D eigenvalue weighted by Crippen LogP contribution is -2.13. The zero-order valence-corrected chi connectivity index (χ0v) is 11.2. The molecule has 0 fully saturated rings. The fourth-order valence-electron chi connectivity index (χ4n) is 1.64. The molecule has 0 aliphatic heterocycles. The number of anilines is 1. The smallest absolute Gasteiger partial charge is 0.308 e. The Morgan fingerprint density at radius 1 is 1.15 bits per heavy atom. The lowest BCUT2D eigenvalue weighted by Gasteiger charge is -2.07. The maximum atomic E-state index is 12.0. The zero-order valence-electron chi connectivity index (χ0n) is 11.2. The highest BCUT2D eigenvalue weighted by molar-refractivity contribution is 6.04. The maximum Gasteiger partial charge on any atom is 0.308 e. The van der Waals surface area contributed by atoms with Crippen molar-refractivity contribution in [3.63, 3.8) is 0 Å². The Morgan fingerprint density at radius 2 is 1.85 bits per heavy atom. The first-order valence-electron chi connectivity index (χ1n) is 6.08. The molecular formula is C15H14N2O3. The number of carbonyl (C=O) groups is 2. The average Bonchev–Trinajstić information content (AvgIpc) is 2.41. The molecule has 1 aromatic carbocycles. The molecule has 1 amide bonds. The van der Waals surface area contributed by atoms with Crippen LogP contribution in [0.5, 0.6) is 5.75 Å². The third kappa shape index (κ3) is 3.41. The Kier molecular flexibility index (Phi) is 4.10. The van der Waals surface area contributed by atoms with Crippen LogP contribution < -0.4 is 10.1 Å². The number of rotatable bonds is 3. The van der Waals surface area contributed by atoms with E-state index in [4.69, 9.17) is 4.74 Å². The minimum absolute atomic E-state index is 0.263. The number of aryl methyl sites for hydroxylation is 1. The summed E-state index contributed by atoms with van der Waals surface area (Å²) in [5.74, 6) is 0.275. The molecule has 0 bridgehead atoms. The van der Waals surface area contributed by atoms with Gasteiger partial charge in [0.25, 0.3) is 5.91 Å². The van der Waals surface area contributed by atoms with E-state index in [0.717, 1.165) is 5.56 Å². The monoisotopic (exact) mass is 270 g/mol. The van der Waals surface area contributed by atoms with Crippen molar-refractivity contribution in [1.82, 2.24) is 4.98 Å². The van der Waals surface area contributed by atoms with E-state index in [1.54, 1.807) is 36.5 Å². The van der Waals surface area contributed by atoms with Crippen LogP contribution in [0.3, 0.4) is 0 Å². The summed E-state index contributed by atoms with van der Waals surface area (Å²) < 4.78 is 4.90. The van der Waals surface area contributed by atoms with Gasteiger partial charge in [0.1, 0.15) is 11.6 Å². The SMILES string of the molecule is CC(=O)Oc1ccc(C(=O)Nc2ncccc2C)cc1. The highest BCUT2D eigenvalue weighted by atomic mass is 16.5. The van der Waals surface area contributed by atoms with Gasteiger partial charge in [0.2, 0.25) is 0 Å². The molecule has 0 aliphatic rings. The number of hydrogen-bond donors (Lipinski definition) is 1. The average molecular weight is 270 g/mol. The number of aromatic nitrogens is 1. The van der Waals surface area contributed by atoms with Gasteiger partial charge < -0.3 is 10.1 Å². The van der Waals surface area contributed by atoms with Crippen molar-refractivity contribution in [2.45, 2.75) is 13.8 Å². The molecule has 2 rings (SSSR count). The van der Waals surface area contributed by atoms with Gasteiger partial charge in [-0.3, -0.25) is 9.59 Å². The first kappa shape index (κ1) is 13.7. The molecule has 5 heteroatoms. The minimum Gasteiger partial charge on any atom is -0.427 e. The van der Waals surface area contributed by atoms with Gasteiger partial charge in [0.05, 0.1) is 0 Å². The Morgan fingerprint density at radius 3 is 2.45 bits per heavy atom. The molecule has 1 aromatic heterocycles. The van der Waals surface area contributed by atoms with Crippen LogP contribution in [0.4, 0.5) is 5.82 Å². The highest BCUT2D eigenvalue weighted by Crippen LogP contribution is 2.15. The number of pyridine rings is 1. The van der Waals surface area contributed by atoms with E-state index in [-0.39, 0.29) is 5.91 Å². The maximum absolute atomic E-state index is 12.0. The van der Waals surface area contributed by atoms with Crippen molar-refractivity contribution in [2.75, 3.05) is 5.32 Å². The number of nitrogens with zero attached hydrogens (tertiary/aromatic N) is 1. The summed E-state index contributed by atoms with van der Waals surface area (Å²) >= 11 is 0. The van der Waals surface area contributed by atoms with Crippen molar-refractivity contribution in [3.8, 4) is 5.75 Å². The first-order chi connectivity index (χ1) is 9.56. The molecule has 102 valence electrons. The Bertz CT molecular complexity index is 636. The molecule has 0 atom stereocenters. The van der Waals surface area contributed by atoms with E-state index >= 15 is 0 Å². The lowest BCUT2D eigenvalue weighted by atomic mass is 10.2. The molecule has 5 nitrogen and oxygen atoms in total. The van der Waals surface area contributed by atoms with E-state index in [0.29, 0.717) is 17.1 Å². The Hall–Kier alpha value is -2.69. The fraction of sp³-hybridized carbons (Fsp3) is 0.133. The van der Waals surface area contributed by atoms with Gasteiger partial charge in [0, 0.05) is 18.7 Å². The summed E-state index contributed by atoms with van der Waals surface area (Å²) in [5.41, 5.74) is 1.35. The molecule has 1 N–H and O–H groups in total. The van der Waals surface area contributed by atoms with Gasteiger partial charge in [-0.05, 0) is 42.8 Å². The standard InChI is InChI=1S/C15H14N2O3/c1-10-4-3-9-16-14(10)17-15(19)12-5-7-13(8-6-12)20-11(2)18/h3-9H,1-2H3,(H,16,17,19). The Labute approximate surface area is 116 Å². The summed E-state index contributed by atoms with van der Waals surface area (Å²) in [7, 11) is 0. The van der Waals surface area contributed by atoms with E-state index in [1.807, 2.05) is 13.0 Å². The van der Waals surface area contributed by atoms with Crippen molar-refractivity contribution in [1.29, 1.82) is 0 Å². The number of hydrogen-bond acceptors (Lipinski definition) is 4. The number of ether oxygens (including phenoxy) is 1. The predicted molar refractivity (Wildman–Crippen MR) is 74.7 cm³/mol. The van der Waals surface area contributed by atoms with Crippen LogP contribution in [-0.2, 0) is 4.79 Å². The third-order valence-corrected chi connectivity index (χ3v) is 2.62. The van der Waals surface area contributed by atoms with E-state index in [9.17, 15) is 9.59 Å². The van der Waals surface area contributed by atoms with Crippen LogP contribution >= 0.6 is 0 Å². The van der Waals surface area contributed by atoms with Crippen LogP contribution in [-0.4, -0.2) is 16.9 Å². The van der Waals surface area contributed by atoms with Crippen LogP contribution in [0, 0.1) is 6.92 Å². The fourth-order valence-corrected chi connectivity index (χ4v) is 1.64. The number of esters is 1. The summed E-state index contributed by atoms with van der Waals surface area (Å²) in [4.78, 5) is 26.9. The summed E-state index contributed by atoms with van der Waals surface area (Å²) in [6, 6.07) is 9.99. The van der Waals surface area contributed by atoms with Crippen molar-refractivity contribution in [3.05, 3.63) is 53.7 Å². The molecule has 20 heavy (non-hydrogen) atoms. The normalized spacial score (nSPS) is 9.90. The number of amides is 1. The second-order valence-corrected chi connectivity index (χ2v) is 4.24. The van der Waals surface area contributed by atoms with Gasteiger partial charge >= 0.3 is 5.97 Å². The quantitative estimate of drug-likeness (QED) is 0.687. The molecule has 0 aliphatic carbocycles. The van der Waals surface area contributed by atoms with Crippen molar-refractivity contribution >= 4 is 17.7 Å². The van der Waals surface area contributed by atoms with Gasteiger partial charge in [-0.15, -0.1) is 0 Å². The number of nitrogens with one attached hydrogen (secondary N) is 1. The van der Waals surface area contributed by atoms with Gasteiger partial charge in [-0.1, -0.05) is 6.07 Å². The highest BCUT2D eigenvalue weighted by Gasteiger charge is 2.08. The van der Waals surface area contributed by atoms with E-state index in [1.165, 1.54) is 6.92 Å². The summed E-state index contributed by atoms with van der Waals surface area (Å²) in [6.07, 6.45) is 1.62. The third-order valence-electron chi connectivity index (χ3n) is 2.62. The predicted octanol–water partition coefficient (Wildman–Crippen LogP) is 2.57. The van der Waals surface area contributed by atoms with Crippen molar-refractivity contribution in [2.24, 2.45) is 0 Å². The zero-order chi connectivity index (χ0) is 14.5. The number of carbonyl (C=O) groups excluding carboxylic acids is 2. The van der Waals surface area contributed by atoms with Gasteiger partial charge in [-0.25, -0.2) is 4.98 Å². The summed E-state index contributed by atoms with van der Waals surface area (Å²) in [5, 5.41) is 2.73. The van der Waals surface area contributed by atoms with Gasteiger partial charge in [0.15, 0.2) is 0 Å². The molecule has 0 spiro atoms. The molecule has 0 unspecified atom stereocenters. The molecule has 0 radical (unpaired) electrons. The second kappa shape index (κ2) is 5.97. The van der Waals surface area contributed by atoms with E-state index in [2.05, 4.69) is 10.3 Å². The molecule has 1 heterocycles. The topological polar surface area (TPSA) is 68.3 Å². The lowest BCUT2D eigenvalue weighted by molar-refractivity contribution is -0.131.